The van der Waals surface area contributed by atoms with Gasteiger partial charge in [-0.15, -0.1) is 0 Å². The number of allylic oxidation sites excluding steroid dienone is 2. The van der Waals surface area contributed by atoms with E-state index in [1.165, 1.54) is 4.31 Å². The molecule has 0 spiro atoms. The number of alkyl carbamates (subject to hydrolysis) is 1. The number of fused-ring (bicyclic) bond motifs is 3. The van der Waals surface area contributed by atoms with E-state index in [0.29, 0.717) is 37.5 Å². The van der Waals surface area contributed by atoms with Gasteiger partial charge in [0, 0.05) is 32.2 Å². The molecule has 10 heteroatoms. The monoisotopic (exact) mass is 626 g/mol. The van der Waals surface area contributed by atoms with Crippen molar-refractivity contribution < 1.29 is 32.5 Å². The van der Waals surface area contributed by atoms with Crippen molar-refractivity contribution >= 4 is 16.1 Å². The number of hydrogen-bond donors (Lipinski definition) is 2. The van der Waals surface area contributed by atoms with Crippen molar-refractivity contribution in [3.8, 4) is 5.75 Å². The zero-order valence-electron chi connectivity index (χ0n) is 25.4. The first-order valence-corrected chi connectivity index (χ1v) is 17.5. The van der Waals surface area contributed by atoms with Gasteiger partial charge < -0.3 is 24.6 Å². The molecule has 1 unspecified atom stereocenters. The average molecular weight is 627 g/mol. The fourth-order valence-corrected chi connectivity index (χ4v) is 7.89. The molecule has 0 radical (unpaired) electrons. The second kappa shape index (κ2) is 15.9. The lowest BCUT2D eigenvalue weighted by Crippen LogP contribution is -2.51. The molecule has 44 heavy (non-hydrogen) atoms. The number of ether oxygens (including phenoxy) is 3. The van der Waals surface area contributed by atoms with Crippen LogP contribution in [0.5, 0.6) is 5.75 Å². The van der Waals surface area contributed by atoms with Crippen LogP contribution in [0.3, 0.4) is 0 Å². The van der Waals surface area contributed by atoms with E-state index in [2.05, 4.69) is 17.5 Å². The zero-order chi connectivity index (χ0) is 30.8. The topological polar surface area (TPSA) is 114 Å². The summed E-state index contributed by atoms with van der Waals surface area (Å²) in [7, 11) is -3.97. The zero-order valence-corrected chi connectivity index (χ0v) is 26.2. The molecule has 1 saturated carbocycles. The molecule has 9 nitrogen and oxygen atoms in total. The number of rotatable bonds is 7. The summed E-state index contributed by atoms with van der Waals surface area (Å²) in [6.45, 7) is 1.33. The molecule has 2 heterocycles. The van der Waals surface area contributed by atoms with E-state index in [-0.39, 0.29) is 30.2 Å². The molecule has 2 fully saturated rings. The third-order valence-corrected chi connectivity index (χ3v) is 10.7. The minimum Gasteiger partial charge on any atom is -0.494 e. The molecule has 2 aromatic rings. The van der Waals surface area contributed by atoms with Gasteiger partial charge in [0.2, 0.25) is 10.0 Å². The minimum atomic E-state index is -3.97. The second-order valence-corrected chi connectivity index (χ2v) is 14.1. The highest BCUT2D eigenvalue weighted by Gasteiger charge is 2.40. The molecule has 2 bridgehead atoms. The van der Waals surface area contributed by atoms with Crippen LogP contribution < -0.4 is 10.1 Å². The fraction of sp³-hybridized carbons (Fsp3) is 0.559. The van der Waals surface area contributed by atoms with Crippen LogP contribution in [-0.4, -0.2) is 74.6 Å². The summed E-state index contributed by atoms with van der Waals surface area (Å²) in [4.78, 5) is 13.2. The van der Waals surface area contributed by atoms with Gasteiger partial charge in [0.05, 0.1) is 29.8 Å². The molecule has 1 saturated heterocycles. The van der Waals surface area contributed by atoms with Gasteiger partial charge in [0.15, 0.2) is 0 Å². The Kier molecular flexibility index (Phi) is 11.7. The molecule has 240 valence electrons. The van der Waals surface area contributed by atoms with E-state index < -0.39 is 28.3 Å². The summed E-state index contributed by atoms with van der Waals surface area (Å²) in [5.74, 6) is 0.918. The van der Waals surface area contributed by atoms with Crippen LogP contribution in [0, 0.1) is 5.92 Å². The van der Waals surface area contributed by atoms with Crippen molar-refractivity contribution in [2.24, 2.45) is 5.92 Å². The average Bonchev–Trinajstić information content (AvgIpc) is 3.61. The van der Waals surface area contributed by atoms with Crippen LogP contribution in [0.1, 0.15) is 63.4 Å². The molecule has 2 N–H and O–H groups in total. The Labute approximate surface area is 261 Å². The van der Waals surface area contributed by atoms with E-state index in [1.54, 1.807) is 24.3 Å². The Bertz CT molecular complexity index is 1320. The Hall–Kier alpha value is -2.92. The molecular weight excluding hydrogens is 580 g/mol. The number of carbonyl (C=O) groups is 1. The van der Waals surface area contributed by atoms with Crippen LogP contribution in [0.4, 0.5) is 4.79 Å². The standard InChI is InChI=1S/C34H46N2O7S/c37-32(31(21-26-13-8-7-9-14-26)35-34(38)43-29-22-27-17-20-42-33(27)24-29)25-36-18-10-5-3-1-2-4-6-11-19-41-28-15-12-16-30(23-28)44(36,39)40/h1-2,7-9,12-16,23,27,29,31-33,37H,3-6,10-11,17-22,24-25H2,(H,35,38)/t27?,29-,31+,32-,33-/m1/s1. The number of benzene rings is 2. The Morgan fingerprint density at radius 3 is 2.59 bits per heavy atom. The largest absolute Gasteiger partial charge is 0.494 e. The third kappa shape index (κ3) is 9.06. The highest BCUT2D eigenvalue weighted by Crippen LogP contribution is 2.37. The summed E-state index contributed by atoms with van der Waals surface area (Å²) < 4.78 is 46.7. The first-order valence-electron chi connectivity index (χ1n) is 16.1. The number of hydrogen-bond acceptors (Lipinski definition) is 7. The maximum absolute atomic E-state index is 14.0. The molecule has 1 aliphatic carbocycles. The van der Waals surface area contributed by atoms with Gasteiger partial charge in [-0.05, 0) is 81.4 Å². The molecule has 2 aromatic carbocycles. The van der Waals surface area contributed by atoms with Crippen LogP contribution in [0.2, 0.25) is 0 Å². The van der Waals surface area contributed by atoms with Crippen molar-refractivity contribution in [3.05, 3.63) is 72.3 Å². The minimum absolute atomic E-state index is 0.121. The summed E-state index contributed by atoms with van der Waals surface area (Å²) in [5, 5.41) is 14.5. The number of amides is 1. The van der Waals surface area contributed by atoms with Gasteiger partial charge in [-0.3, -0.25) is 0 Å². The SMILES string of the molecule is O=C(N[C@@H](Cc1ccccc1)[C@H](O)CN1CCCCC=CCCCCOc2cccc(c2)S1(=O)=O)O[C@@H]1CC2CCO[C@@H]2C1. The second-order valence-electron chi connectivity index (χ2n) is 12.1. The van der Waals surface area contributed by atoms with Crippen molar-refractivity contribution in [2.75, 3.05) is 26.3 Å². The number of carbonyl (C=O) groups excluding carboxylic acids is 1. The first kappa shape index (κ1) is 32.5. The van der Waals surface area contributed by atoms with Gasteiger partial charge in [0.25, 0.3) is 0 Å². The van der Waals surface area contributed by atoms with Gasteiger partial charge in [-0.25, -0.2) is 13.2 Å². The lowest BCUT2D eigenvalue weighted by Gasteiger charge is -2.30. The molecule has 1 amide bonds. The molecule has 5 rings (SSSR count). The van der Waals surface area contributed by atoms with E-state index >= 15 is 0 Å². The number of sulfonamides is 1. The summed E-state index contributed by atoms with van der Waals surface area (Å²) in [5.41, 5.74) is 0.910. The van der Waals surface area contributed by atoms with Crippen molar-refractivity contribution in [2.45, 2.75) is 93.5 Å². The predicted molar refractivity (Wildman–Crippen MR) is 168 cm³/mol. The van der Waals surface area contributed by atoms with E-state index in [0.717, 1.165) is 57.1 Å². The van der Waals surface area contributed by atoms with Crippen LogP contribution >= 0.6 is 0 Å². The molecule has 5 atom stereocenters. The fourth-order valence-electron chi connectivity index (χ4n) is 6.36. The van der Waals surface area contributed by atoms with Gasteiger partial charge in [-0.2, -0.15) is 4.31 Å². The van der Waals surface area contributed by atoms with Crippen molar-refractivity contribution in [1.82, 2.24) is 9.62 Å². The normalized spacial score (nSPS) is 25.8. The Balaban J connectivity index is 1.32. The number of aliphatic hydroxyl groups is 1. The maximum Gasteiger partial charge on any atom is 0.407 e. The molecule has 0 aromatic heterocycles. The van der Waals surface area contributed by atoms with Gasteiger partial charge >= 0.3 is 6.09 Å². The van der Waals surface area contributed by atoms with Crippen LogP contribution in [-0.2, 0) is 25.9 Å². The molecule has 3 aliphatic rings. The number of aliphatic hydroxyl groups excluding tert-OH is 1. The van der Waals surface area contributed by atoms with E-state index in [4.69, 9.17) is 14.2 Å². The summed E-state index contributed by atoms with van der Waals surface area (Å²) in [6.07, 6.45) is 10.4. The van der Waals surface area contributed by atoms with Crippen molar-refractivity contribution in [1.29, 1.82) is 0 Å². The first-order chi connectivity index (χ1) is 21.4. The number of β-amino-alcohol motifs (C(OH)–C–C–N with tert-alkyl or cyclic N) is 1. The third-order valence-electron chi connectivity index (χ3n) is 8.81. The van der Waals surface area contributed by atoms with E-state index in [1.807, 2.05) is 30.3 Å². The highest BCUT2D eigenvalue weighted by molar-refractivity contribution is 7.89. The molecule has 2 aliphatic heterocycles. The summed E-state index contributed by atoms with van der Waals surface area (Å²) in [6, 6.07) is 15.3. The highest BCUT2D eigenvalue weighted by atomic mass is 32.2. The molecular formula is C34H46N2O7S. The maximum atomic E-state index is 14.0. The van der Waals surface area contributed by atoms with Gasteiger partial charge in [0.1, 0.15) is 11.9 Å². The summed E-state index contributed by atoms with van der Waals surface area (Å²) >= 11 is 0. The predicted octanol–water partition coefficient (Wildman–Crippen LogP) is 5.23. The quantitative estimate of drug-likeness (QED) is 0.405. The Morgan fingerprint density at radius 1 is 1.00 bits per heavy atom. The van der Waals surface area contributed by atoms with Crippen LogP contribution in [0.25, 0.3) is 0 Å². The van der Waals surface area contributed by atoms with E-state index in [9.17, 15) is 18.3 Å². The number of nitrogens with zero attached hydrogens (tertiary/aromatic N) is 1. The smallest absolute Gasteiger partial charge is 0.407 e. The van der Waals surface area contributed by atoms with Gasteiger partial charge in [-0.1, -0.05) is 48.6 Å². The van der Waals surface area contributed by atoms with Crippen molar-refractivity contribution in [3.63, 3.8) is 0 Å². The lowest BCUT2D eigenvalue weighted by molar-refractivity contribution is 0.0557. The van der Waals surface area contributed by atoms with Crippen LogP contribution in [0.15, 0.2) is 71.6 Å². The lowest BCUT2D eigenvalue weighted by atomic mass is 10.0. The number of nitrogens with one attached hydrogen (secondary N) is 1. The Morgan fingerprint density at radius 2 is 1.80 bits per heavy atom.